The van der Waals surface area contributed by atoms with Gasteiger partial charge in [0.15, 0.2) is 5.89 Å². The van der Waals surface area contributed by atoms with Crippen LogP contribution < -0.4 is 5.32 Å². The molecule has 0 atom stereocenters. The molecular formula is C12H21N3O2. The predicted molar refractivity (Wildman–Crippen MR) is 65.1 cm³/mol. The molecule has 1 aromatic heterocycles. The first-order chi connectivity index (χ1) is 8.38. The number of rotatable bonds is 6. The molecule has 17 heavy (non-hydrogen) atoms. The van der Waals surface area contributed by atoms with Crippen LogP contribution in [-0.4, -0.2) is 56.3 Å². The SMILES string of the molecule is CNCCc1cnc(CCN2CCOCC2)o1. The fraction of sp³-hybridized carbons (Fsp3) is 0.750. The molecule has 0 radical (unpaired) electrons. The summed E-state index contributed by atoms with van der Waals surface area (Å²) < 4.78 is 11.0. The second-order valence-electron chi connectivity index (χ2n) is 4.28. The van der Waals surface area contributed by atoms with E-state index in [1.54, 1.807) is 0 Å². The third kappa shape index (κ3) is 4.11. The number of nitrogens with zero attached hydrogens (tertiary/aromatic N) is 2. The summed E-state index contributed by atoms with van der Waals surface area (Å²) in [4.78, 5) is 6.69. The number of nitrogens with one attached hydrogen (secondary N) is 1. The van der Waals surface area contributed by atoms with Crippen molar-refractivity contribution in [2.45, 2.75) is 12.8 Å². The molecule has 2 heterocycles. The molecule has 0 unspecified atom stereocenters. The van der Waals surface area contributed by atoms with Gasteiger partial charge in [0.1, 0.15) is 5.76 Å². The van der Waals surface area contributed by atoms with Crippen molar-refractivity contribution in [3.8, 4) is 0 Å². The lowest BCUT2D eigenvalue weighted by molar-refractivity contribution is 0.0377. The number of ether oxygens (including phenoxy) is 1. The summed E-state index contributed by atoms with van der Waals surface area (Å²) in [6.07, 6.45) is 3.63. The Bertz CT molecular complexity index is 321. The molecule has 0 aromatic carbocycles. The van der Waals surface area contributed by atoms with E-state index in [1.165, 1.54) is 0 Å². The van der Waals surface area contributed by atoms with Gasteiger partial charge in [-0.3, -0.25) is 4.90 Å². The normalized spacial score (nSPS) is 17.5. The number of hydrogen-bond acceptors (Lipinski definition) is 5. The number of aromatic nitrogens is 1. The van der Waals surface area contributed by atoms with Crippen LogP contribution >= 0.6 is 0 Å². The first-order valence-electron chi connectivity index (χ1n) is 6.27. The zero-order chi connectivity index (χ0) is 11.9. The van der Waals surface area contributed by atoms with E-state index in [-0.39, 0.29) is 0 Å². The van der Waals surface area contributed by atoms with Crippen molar-refractivity contribution >= 4 is 0 Å². The van der Waals surface area contributed by atoms with Crippen molar-refractivity contribution in [2.24, 2.45) is 0 Å². The number of likely N-dealkylation sites (N-methyl/N-ethyl adjacent to an activating group) is 1. The highest BCUT2D eigenvalue weighted by atomic mass is 16.5. The van der Waals surface area contributed by atoms with Gasteiger partial charge in [-0.05, 0) is 7.05 Å². The Labute approximate surface area is 102 Å². The van der Waals surface area contributed by atoms with Gasteiger partial charge >= 0.3 is 0 Å². The molecule has 1 aliphatic heterocycles. The van der Waals surface area contributed by atoms with Crippen LogP contribution in [0.1, 0.15) is 11.7 Å². The predicted octanol–water partition coefficient (Wildman–Crippen LogP) is 0.311. The van der Waals surface area contributed by atoms with E-state index < -0.39 is 0 Å². The van der Waals surface area contributed by atoms with E-state index >= 15 is 0 Å². The van der Waals surface area contributed by atoms with E-state index in [2.05, 4.69) is 15.2 Å². The zero-order valence-corrected chi connectivity index (χ0v) is 10.4. The Balaban J connectivity index is 1.72. The van der Waals surface area contributed by atoms with Gasteiger partial charge in [-0.25, -0.2) is 4.98 Å². The zero-order valence-electron chi connectivity index (χ0n) is 10.4. The van der Waals surface area contributed by atoms with Crippen LogP contribution in [0.3, 0.4) is 0 Å². The molecule has 5 nitrogen and oxygen atoms in total. The number of morpholine rings is 1. The minimum Gasteiger partial charge on any atom is -0.446 e. The second-order valence-corrected chi connectivity index (χ2v) is 4.28. The van der Waals surface area contributed by atoms with Crippen molar-refractivity contribution in [3.05, 3.63) is 17.8 Å². The molecule has 0 saturated carbocycles. The first-order valence-corrected chi connectivity index (χ1v) is 6.27. The van der Waals surface area contributed by atoms with Crippen LogP contribution in [0.2, 0.25) is 0 Å². The molecule has 0 amide bonds. The van der Waals surface area contributed by atoms with Crippen molar-refractivity contribution in [1.29, 1.82) is 0 Å². The van der Waals surface area contributed by atoms with E-state index in [0.29, 0.717) is 0 Å². The highest BCUT2D eigenvalue weighted by molar-refractivity contribution is 4.95. The van der Waals surface area contributed by atoms with Crippen molar-refractivity contribution in [3.63, 3.8) is 0 Å². The summed E-state index contributed by atoms with van der Waals surface area (Å²) in [7, 11) is 1.94. The monoisotopic (exact) mass is 239 g/mol. The van der Waals surface area contributed by atoms with Gasteiger partial charge in [0.05, 0.1) is 19.4 Å². The van der Waals surface area contributed by atoms with E-state index in [0.717, 1.165) is 63.9 Å². The lowest BCUT2D eigenvalue weighted by Crippen LogP contribution is -2.37. The maximum Gasteiger partial charge on any atom is 0.195 e. The van der Waals surface area contributed by atoms with Crippen LogP contribution in [0.4, 0.5) is 0 Å². The molecule has 1 fully saturated rings. The lowest BCUT2D eigenvalue weighted by Gasteiger charge is -2.25. The Morgan fingerprint density at radius 3 is 2.94 bits per heavy atom. The Morgan fingerprint density at radius 1 is 1.35 bits per heavy atom. The fourth-order valence-electron chi connectivity index (χ4n) is 1.91. The summed E-state index contributed by atoms with van der Waals surface area (Å²) in [6, 6.07) is 0. The van der Waals surface area contributed by atoms with Gasteiger partial charge < -0.3 is 14.5 Å². The summed E-state index contributed by atoms with van der Waals surface area (Å²) in [5.74, 6) is 1.82. The molecule has 1 aliphatic rings. The van der Waals surface area contributed by atoms with Crippen molar-refractivity contribution in [1.82, 2.24) is 15.2 Å². The largest absolute Gasteiger partial charge is 0.446 e. The van der Waals surface area contributed by atoms with Crippen LogP contribution in [0.25, 0.3) is 0 Å². The molecule has 1 aromatic rings. The second kappa shape index (κ2) is 6.74. The topological polar surface area (TPSA) is 50.5 Å². The van der Waals surface area contributed by atoms with Gasteiger partial charge in [0, 0.05) is 39.0 Å². The maximum atomic E-state index is 5.67. The summed E-state index contributed by atoms with van der Waals surface area (Å²) in [5.41, 5.74) is 0. The van der Waals surface area contributed by atoms with Crippen molar-refractivity contribution in [2.75, 3.05) is 46.4 Å². The summed E-state index contributed by atoms with van der Waals surface area (Å²) in [5, 5.41) is 3.10. The molecule has 1 saturated heterocycles. The highest BCUT2D eigenvalue weighted by Crippen LogP contribution is 2.06. The van der Waals surface area contributed by atoms with Crippen LogP contribution in [0.5, 0.6) is 0 Å². The van der Waals surface area contributed by atoms with Gasteiger partial charge in [0.2, 0.25) is 0 Å². The molecule has 96 valence electrons. The number of oxazole rings is 1. The third-order valence-electron chi connectivity index (χ3n) is 2.97. The molecule has 1 N–H and O–H groups in total. The van der Waals surface area contributed by atoms with Crippen LogP contribution in [-0.2, 0) is 17.6 Å². The van der Waals surface area contributed by atoms with Crippen molar-refractivity contribution < 1.29 is 9.15 Å². The van der Waals surface area contributed by atoms with Gasteiger partial charge in [-0.15, -0.1) is 0 Å². The average molecular weight is 239 g/mol. The number of hydrogen-bond donors (Lipinski definition) is 1. The Morgan fingerprint density at radius 2 is 2.18 bits per heavy atom. The van der Waals surface area contributed by atoms with Crippen LogP contribution in [0, 0.1) is 0 Å². The molecule has 0 spiro atoms. The van der Waals surface area contributed by atoms with E-state index in [4.69, 9.17) is 9.15 Å². The fourth-order valence-corrected chi connectivity index (χ4v) is 1.91. The summed E-state index contributed by atoms with van der Waals surface area (Å²) >= 11 is 0. The van der Waals surface area contributed by atoms with E-state index in [9.17, 15) is 0 Å². The average Bonchev–Trinajstić information content (AvgIpc) is 2.83. The molecular weight excluding hydrogens is 218 g/mol. The molecule has 2 rings (SSSR count). The van der Waals surface area contributed by atoms with Gasteiger partial charge in [-0.1, -0.05) is 0 Å². The minimum absolute atomic E-state index is 0.846. The summed E-state index contributed by atoms with van der Waals surface area (Å²) in [6.45, 7) is 5.67. The third-order valence-corrected chi connectivity index (χ3v) is 2.97. The standard InChI is InChI=1S/C12H21N3O2/c1-13-4-2-11-10-14-12(17-11)3-5-15-6-8-16-9-7-15/h10,13H,2-9H2,1H3. The van der Waals surface area contributed by atoms with Gasteiger partial charge in [0.25, 0.3) is 0 Å². The van der Waals surface area contributed by atoms with Gasteiger partial charge in [-0.2, -0.15) is 0 Å². The molecule has 0 aliphatic carbocycles. The molecule has 5 heteroatoms. The maximum absolute atomic E-state index is 5.67. The Hall–Kier alpha value is -0.910. The Kier molecular flexibility index (Phi) is 4.97. The van der Waals surface area contributed by atoms with E-state index in [1.807, 2.05) is 13.2 Å². The lowest BCUT2D eigenvalue weighted by atomic mass is 10.3. The quantitative estimate of drug-likeness (QED) is 0.774. The first kappa shape index (κ1) is 12.5. The smallest absolute Gasteiger partial charge is 0.195 e. The molecule has 0 bridgehead atoms. The van der Waals surface area contributed by atoms with Crippen LogP contribution in [0.15, 0.2) is 10.6 Å². The minimum atomic E-state index is 0.846. The highest BCUT2D eigenvalue weighted by Gasteiger charge is 2.11.